The van der Waals surface area contributed by atoms with Crippen LogP contribution in [0.1, 0.15) is 159 Å². The molecule has 4 fully saturated rings. The molecule has 8 rings (SSSR count). The van der Waals surface area contributed by atoms with Gasteiger partial charge in [-0.05, 0) is 108 Å². The van der Waals surface area contributed by atoms with Crippen LogP contribution in [-0.4, -0.2) is 76.8 Å². The first kappa shape index (κ1) is 51.3. The molecule has 372 valence electrons. The van der Waals surface area contributed by atoms with Gasteiger partial charge in [-0.25, -0.2) is 14.0 Å². The number of hydrogen-bond acceptors (Lipinski definition) is 7. The number of nitrogens with one attached hydrogen (secondary N) is 2. The zero-order valence-electron chi connectivity index (χ0n) is 42.2. The summed E-state index contributed by atoms with van der Waals surface area (Å²) in [6.07, 6.45) is 6.60. The monoisotopic (exact) mass is 957 g/mol. The van der Waals surface area contributed by atoms with Gasteiger partial charge in [-0.15, -0.1) is 0 Å². The Morgan fingerprint density at radius 3 is 1.30 bits per heavy atom. The Balaban J connectivity index is 0.000000207. The number of para-hydroxylation sites is 2. The van der Waals surface area contributed by atoms with Crippen molar-refractivity contribution < 1.29 is 37.9 Å². The number of ether oxygens (including phenoxy) is 1. The van der Waals surface area contributed by atoms with E-state index >= 15 is 0 Å². The molecule has 4 aromatic rings. The number of benzene rings is 4. The lowest BCUT2D eigenvalue weighted by Crippen LogP contribution is -2.51. The fraction of sp³-hybridized carbons (Fsp3) is 0.464. The van der Waals surface area contributed by atoms with Gasteiger partial charge in [-0.3, -0.25) is 38.8 Å². The molecule has 4 aromatic carbocycles. The van der Waals surface area contributed by atoms with E-state index in [4.69, 9.17) is 4.74 Å². The van der Waals surface area contributed by atoms with Gasteiger partial charge >= 0.3 is 12.1 Å². The minimum Gasteiger partial charge on any atom is -0.497 e. The molecule has 2 aliphatic carbocycles. The minimum absolute atomic E-state index is 0.194. The van der Waals surface area contributed by atoms with Crippen LogP contribution in [0, 0.1) is 5.82 Å². The summed E-state index contributed by atoms with van der Waals surface area (Å²) in [4.78, 5) is 86.3. The highest BCUT2D eigenvalue weighted by Crippen LogP contribution is 2.46. The first-order valence-electron chi connectivity index (χ1n) is 24.9. The van der Waals surface area contributed by atoms with Gasteiger partial charge in [0.2, 0.25) is 11.8 Å². The third kappa shape index (κ3) is 9.91. The quantitative estimate of drug-likeness (QED) is 0.127. The second-order valence-corrected chi connectivity index (χ2v) is 20.4. The number of rotatable bonds is 13. The van der Waals surface area contributed by atoms with Crippen LogP contribution in [0.3, 0.4) is 0 Å². The molecule has 2 saturated heterocycles. The van der Waals surface area contributed by atoms with Gasteiger partial charge in [-0.1, -0.05) is 130 Å². The Morgan fingerprint density at radius 1 is 0.543 bits per heavy atom. The Hall–Kier alpha value is -6.57. The number of carbonyl (C=O) groups is 6. The third-order valence-corrected chi connectivity index (χ3v) is 14.4. The molecule has 0 radical (unpaired) electrons. The van der Waals surface area contributed by atoms with Crippen molar-refractivity contribution in [1.29, 1.82) is 0 Å². The molecule has 70 heavy (non-hydrogen) atoms. The van der Waals surface area contributed by atoms with Gasteiger partial charge in [0.25, 0.3) is 11.8 Å². The van der Waals surface area contributed by atoms with E-state index in [0.29, 0.717) is 42.8 Å². The van der Waals surface area contributed by atoms with Crippen LogP contribution in [0.25, 0.3) is 0 Å². The average Bonchev–Trinajstić information content (AvgIpc) is 3.95. The van der Waals surface area contributed by atoms with Crippen LogP contribution in [0.15, 0.2) is 84.9 Å². The predicted molar refractivity (Wildman–Crippen MR) is 272 cm³/mol. The topological polar surface area (TPSA) is 149 Å². The van der Waals surface area contributed by atoms with Gasteiger partial charge in [-0.2, -0.15) is 0 Å². The summed E-state index contributed by atoms with van der Waals surface area (Å²) < 4.78 is 18.9. The summed E-state index contributed by atoms with van der Waals surface area (Å²) in [6, 6.07) is 23.8. The van der Waals surface area contributed by atoms with Crippen LogP contribution in [0.4, 0.5) is 36.7 Å². The molecule has 2 saturated carbocycles. The highest BCUT2D eigenvalue weighted by atomic mass is 19.1. The van der Waals surface area contributed by atoms with Gasteiger partial charge in [0.1, 0.15) is 35.7 Å². The molecular formula is C56H69FN6O7. The van der Waals surface area contributed by atoms with Crippen molar-refractivity contribution in [3.8, 4) is 5.75 Å². The molecule has 0 bridgehead atoms. The second kappa shape index (κ2) is 21.2. The van der Waals surface area contributed by atoms with Crippen molar-refractivity contribution in [3.05, 3.63) is 113 Å². The Labute approximate surface area is 412 Å². The third-order valence-electron chi connectivity index (χ3n) is 14.4. The summed E-state index contributed by atoms with van der Waals surface area (Å²) in [5, 5.41) is 6.05. The van der Waals surface area contributed by atoms with Crippen molar-refractivity contribution in [3.63, 3.8) is 0 Å². The van der Waals surface area contributed by atoms with Gasteiger partial charge in [0.15, 0.2) is 0 Å². The fourth-order valence-electron chi connectivity index (χ4n) is 10.8. The largest absolute Gasteiger partial charge is 0.497 e. The smallest absolute Gasteiger partial charge is 0.332 e. The average molecular weight is 957 g/mol. The lowest BCUT2D eigenvalue weighted by molar-refractivity contribution is -0.134. The molecule has 13 nitrogen and oxygen atoms in total. The predicted octanol–water partition coefficient (Wildman–Crippen LogP) is 11.8. The van der Waals surface area contributed by atoms with Crippen molar-refractivity contribution in [2.45, 2.75) is 148 Å². The van der Waals surface area contributed by atoms with Gasteiger partial charge in [0, 0.05) is 23.1 Å². The van der Waals surface area contributed by atoms with Crippen molar-refractivity contribution in [2.75, 3.05) is 40.6 Å². The molecule has 2 heterocycles. The van der Waals surface area contributed by atoms with Crippen LogP contribution in [0.2, 0.25) is 0 Å². The maximum atomic E-state index is 13.8. The summed E-state index contributed by atoms with van der Waals surface area (Å²) in [5.74, 6) is -0.409. The van der Waals surface area contributed by atoms with Crippen molar-refractivity contribution >= 4 is 58.4 Å². The van der Waals surface area contributed by atoms with E-state index in [1.165, 1.54) is 29.2 Å². The molecule has 0 unspecified atom stereocenters. The highest BCUT2D eigenvalue weighted by molar-refractivity contribution is 6.20. The Bertz CT molecular complexity index is 2560. The number of carbonyl (C=O) groups excluding carboxylic acids is 6. The summed E-state index contributed by atoms with van der Waals surface area (Å²) in [5.41, 5.74) is 4.76. The molecule has 2 spiro atoms. The van der Waals surface area contributed by atoms with Crippen LogP contribution in [-0.2, 0) is 19.2 Å². The molecule has 2 N–H and O–H groups in total. The lowest BCUT2D eigenvalue weighted by atomic mass is 9.80. The van der Waals surface area contributed by atoms with Gasteiger partial charge < -0.3 is 15.4 Å². The Kier molecular flexibility index (Phi) is 15.5. The van der Waals surface area contributed by atoms with Crippen molar-refractivity contribution in [2.24, 2.45) is 0 Å². The van der Waals surface area contributed by atoms with Gasteiger partial charge in [0.05, 0.1) is 12.8 Å². The molecule has 4 aliphatic rings. The van der Waals surface area contributed by atoms with Crippen LogP contribution >= 0.6 is 0 Å². The molecular weight excluding hydrogens is 888 g/mol. The standard InChI is InChI=1S/C29H37N3O4.C27H32FN3O3/c1-19(2)23-13-10-14-24(20(3)4)26(23)30-25(33)18-31-27(34)29(15-7-6-8-16-29)32(28(31)35)21-11-9-12-22(17-21)36-5;1-17(2)21-8-7-9-22(18(3)4)24(21)29-23(32)16-30-25(33)27(14-5-6-15-27)31(26(30)34)20-12-10-19(28)11-13-20/h9-14,17,19-20H,6-8,15-16,18H2,1-5H3,(H,30,33);7-13,17-18H,5-6,14-16H2,1-4H3,(H,29,32). The number of anilines is 4. The number of amides is 8. The van der Waals surface area contributed by atoms with E-state index in [1.54, 1.807) is 18.1 Å². The first-order valence-corrected chi connectivity index (χ1v) is 24.9. The van der Waals surface area contributed by atoms with E-state index in [-0.39, 0.29) is 54.5 Å². The van der Waals surface area contributed by atoms with E-state index in [9.17, 15) is 33.2 Å². The molecule has 0 aromatic heterocycles. The van der Waals surface area contributed by atoms with Crippen LogP contribution in [0.5, 0.6) is 5.75 Å². The number of urea groups is 2. The summed E-state index contributed by atoms with van der Waals surface area (Å²) in [7, 11) is 1.57. The zero-order chi connectivity index (χ0) is 50.7. The molecule has 2 aliphatic heterocycles. The molecule has 8 amide bonds. The van der Waals surface area contributed by atoms with Crippen molar-refractivity contribution in [1.82, 2.24) is 9.80 Å². The number of methoxy groups -OCH3 is 1. The van der Waals surface area contributed by atoms with E-state index in [0.717, 1.165) is 75.5 Å². The minimum atomic E-state index is -1.01. The maximum absolute atomic E-state index is 13.8. The van der Waals surface area contributed by atoms with Crippen LogP contribution < -0.4 is 25.2 Å². The summed E-state index contributed by atoms with van der Waals surface area (Å²) >= 11 is 0. The van der Waals surface area contributed by atoms with E-state index in [2.05, 4.69) is 66.0 Å². The fourth-order valence-corrected chi connectivity index (χ4v) is 10.8. The Morgan fingerprint density at radius 2 is 0.914 bits per heavy atom. The van der Waals surface area contributed by atoms with E-state index < -0.39 is 34.9 Å². The number of hydrogen-bond donors (Lipinski definition) is 2. The number of halogens is 1. The molecule has 0 atom stereocenters. The zero-order valence-corrected chi connectivity index (χ0v) is 42.2. The number of nitrogens with zero attached hydrogens (tertiary/aromatic N) is 4. The van der Waals surface area contributed by atoms with E-state index in [1.807, 2.05) is 54.6 Å². The maximum Gasteiger partial charge on any atom is 0.332 e. The number of imide groups is 2. The first-order chi connectivity index (χ1) is 33.3. The second-order valence-electron chi connectivity index (χ2n) is 20.4. The highest BCUT2D eigenvalue weighted by Gasteiger charge is 2.60. The molecule has 14 heteroatoms. The normalized spacial score (nSPS) is 17.5. The SMILES string of the molecule is CC(C)c1cccc(C(C)C)c1NC(=O)CN1C(=O)N(c2ccc(F)cc2)C2(CCCC2)C1=O.COc1cccc(N2C(=O)N(CC(=O)Nc3c(C(C)C)cccc3C(C)C)C(=O)C23CCCCC3)c1. The summed E-state index contributed by atoms with van der Waals surface area (Å²) in [6.45, 7) is 15.9. The lowest BCUT2D eigenvalue weighted by Gasteiger charge is -2.38.